The maximum absolute atomic E-state index is 11.7. The Morgan fingerprint density at radius 3 is 2.55 bits per heavy atom. The van der Waals surface area contributed by atoms with E-state index in [1.165, 1.54) is 17.5 Å². The van der Waals surface area contributed by atoms with E-state index in [0.717, 1.165) is 24.1 Å². The molecular weight excluding hydrogens is 248 g/mol. The van der Waals surface area contributed by atoms with E-state index in [0.29, 0.717) is 0 Å². The second kappa shape index (κ2) is 5.37. The fourth-order valence-corrected chi connectivity index (χ4v) is 2.79. The number of hydrogen-bond acceptors (Lipinski definition) is 2. The summed E-state index contributed by atoms with van der Waals surface area (Å²) >= 11 is 0. The molecule has 0 fully saturated rings. The Hall–Kier alpha value is -2.29. The van der Waals surface area contributed by atoms with Crippen LogP contribution >= 0.6 is 0 Å². The molecule has 3 rings (SSSR count). The first-order valence-corrected chi connectivity index (χ1v) is 6.96. The molecule has 0 aliphatic heterocycles. The standard InChI is InChI=1S/C17H18N2O/c18-17(20)16(13-5-2-1-3-6-13)19-15-10-9-12-7-4-8-14(12)11-15/h1-3,5-6,9-11,16,19H,4,7-8H2,(H2,18,20). The molecule has 0 saturated heterocycles. The van der Waals surface area contributed by atoms with Gasteiger partial charge in [0.25, 0.3) is 0 Å². The molecule has 0 bridgehead atoms. The summed E-state index contributed by atoms with van der Waals surface area (Å²) in [5.74, 6) is -0.364. The molecule has 0 radical (unpaired) electrons. The summed E-state index contributed by atoms with van der Waals surface area (Å²) in [6, 6.07) is 15.4. The van der Waals surface area contributed by atoms with E-state index in [4.69, 9.17) is 5.73 Å². The van der Waals surface area contributed by atoms with Crippen molar-refractivity contribution in [2.24, 2.45) is 5.73 Å². The largest absolute Gasteiger partial charge is 0.370 e. The predicted molar refractivity (Wildman–Crippen MR) is 80.5 cm³/mol. The molecule has 2 aromatic rings. The van der Waals surface area contributed by atoms with Crippen molar-refractivity contribution in [1.29, 1.82) is 0 Å². The van der Waals surface area contributed by atoms with Crippen LogP contribution in [0.2, 0.25) is 0 Å². The smallest absolute Gasteiger partial charge is 0.244 e. The van der Waals surface area contributed by atoms with Crippen molar-refractivity contribution in [2.45, 2.75) is 25.3 Å². The average Bonchev–Trinajstić information content (AvgIpc) is 2.93. The van der Waals surface area contributed by atoms with Crippen molar-refractivity contribution in [3.05, 3.63) is 65.2 Å². The minimum absolute atomic E-state index is 0.364. The highest BCUT2D eigenvalue weighted by Gasteiger charge is 2.18. The number of nitrogens with one attached hydrogen (secondary N) is 1. The van der Waals surface area contributed by atoms with E-state index in [9.17, 15) is 4.79 Å². The molecule has 3 N–H and O–H groups in total. The van der Waals surface area contributed by atoms with E-state index < -0.39 is 6.04 Å². The number of primary amides is 1. The van der Waals surface area contributed by atoms with Crippen molar-refractivity contribution in [3.63, 3.8) is 0 Å². The Morgan fingerprint density at radius 2 is 1.80 bits per heavy atom. The average molecular weight is 266 g/mol. The molecule has 1 aliphatic carbocycles. The molecule has 1 atom stereocenters. The Kier molecular flexibility index (Phi) is 3.42. The van der Waals surface area contributed by atoms with Crippen molar-refractivity contribution < 1.29 is 4.79 Å². The fourth-order valence-electron chi connectivity index (χ4n) is 2.79. The second-order valence-corrected chi connectivity index (χ2v) is 5.23. The van der Waals surface area contributed by atoms with Crippen LogP contribution in [0.3, 0.4) is 0 Å². The summed E-state index contributed by atoms with van der Waals surface area (Å²) in [5, 5.41) is 3.25. The third kappa shape index (κ3) is 2.52. The van der Waals surface area contributed by atoms with E-state index in [1.807, 2.05) is 36.4 Å². The van der Waals surface area contributed by atoms with Crippen LogP contribution < -0.4 is 11.1 Å². The van der Waals surface area contributed by atoms with Gasteiger partial charge in [-0.15, -0.1) is 0 Å². The highest BCUT2D eigenvalue weighted by atomic mass is 16.1. The molecule has 1 amide bonds. The molecule has 0 spiro atoms. The lowest BCUT2D eigenvalue weighted by molar-refractivity contribution is -0.118. The summed E-state index contributed by atoms with van der Waals surface area (Å²) in [5.41, 5.74) is 10.2. The highest BCUT2D eigenvalue weighted by molar-refractivity contribution is 5.84. The zero-order valence-electron chi connectivity index (χ0n) is 11.3. The molecule has 102 valence electrons. The van der Waals surface area contributed by atoms with Gasteiger partial charge >= 0.3 is 0 Å². The molecule has 1 unspecified atom stereocenters. The Bertz CT molecular complexity index is 622. The van der Waals surface area contributed by atoms with Crippen LogP contribution in [0.5, 0.6) is 0 Å². The number of fused-ring (bicyclic) bond motifs is 1. The van der Waals surface area contributed by atoms with Gasteiger partial charge in [-0.1, -0.05) is 36.4 Å². The van der Waals surface area contributed by atoms with Crippen molar-refractivity contribution in [2.75, 3.05) is 5.32 Å². The van der Waals surface area contributed by atoms with E-state index in [-0.39, 0.29) is 5.91 Å². The first kappa shape index (κ1) is 12.7. The molecule has 0 saturated carbocycles. The monoisotopic (exact) mass is 266 g/mol. The molecule has 3 heteroatoms. The lowest BCUT2D eigenvalue weighted by Crippen LogP contribution is -2.27. The maximum atomic E-state index is 11.7. The normalized spacial score (nSPS) is 14.6. The second-order valence-electron chi connectivity index (χ2n) is 5.23. The maximum Gasteiger partial charge on any atom is 0.244 e. The van der Waals surface area contributed by atoms with Gasteiger partial charge in [0, 0.05) is 5.69 Å². The SMILES string of the molecule is NC(=O)C(Nc1ccc2c(c1)CCC2)c1ccccc1. The van der Waals surface area contributed by atoms with E-state index >= 15 is 0 Å². The molecule has 0 aromatic heterocycles. The summed E-state index contributed by atoms with van der Waals surface area (Å²) in [4.78, 5) is 11.7. The first-order chi connectivity index (χ1) is 9.74. The first-order valence-electron chi connectivity index (χ1n) is 6.96. The van der Waals surface area contributed by atoms with E-state index in [2.05, 4.69) is 17.4 Å². The summed E-state index contributed by atoms with van der Waals surface area (Å²) in [7, 11) is 0. The van der Waals surface area contributed by atoms with Crippen LogP contribution in [0.4, 0.5) is 5.69 Å². The molecular formula is C17H18N2O. The van der Waals surface area contributed by atoms with Gasteiger partial charge in [-0.2, -0.15) is 0 Å². The van der Waals surface area contributed by atoms with Gasteiger partial charge in [-0.3, -0.25) is 4.79 Å². The fraction of sp³-hybridized carbons (Fsp3) is 0.235. The van der Waals surface area contributed by atoms with Gasteiger partial charge in [0.15, 0.2) is 0 Å². The number of rotatable bonds is 4. The third-order valence-electron chi connectivity index (χ3n) is 3.83. The number of carbonyl (C=O) groups is 1. The number of hydrogen-bond donors (Lipinski definition) is 2. The Balaban J connectivity index is 1.86. The zero-order chi connectivity index (χ0) is 13.9. The van der Waals surface area contributed by atoms with Gasteiger partial charge in [-0.05, 0) is 48.1 Å². The summed E-state index contributed by atoms with van der Waals surface area (Å²) in [6.07, 6.45) is 3.50. The molecule has 20 heavy (non-hydrogen) atoms. The van der Waals surface area contributed by atoms with Crippen LogP contribution in [0.1, 0.15) is 29.2 Å². The number of carbonyl (C=O) groups excluding carboxylic acids is 1. The van der Waals surface area contributed by atoms with Crippen molar-refractivity contribution in [1.82, 2.24) is 0 Å². The lowest BCUT2D eigenvalue weighted by Gasteiger charge is -2.17. The molecule has 0 heterocycles. The van der Waals surface area contributed by atoms with Crippen LogP contribution in [0.15, 0.2) is 48.5 Å². The number of anilines is 1. The van der Waals surface area contributed by atoms with Gasteiger partial charge in [-0.25, -0.2) is 0 Å². The van der Waals surface area contributed by atoms with Gasteiger partial charge in [0.1, 0.15) is 6.04 Å². The minimum Gasteiger partial charge on any atom is -0.370 e. The quantitative estimate of drug-likeness (QED) is 0.894. The van der Waals surface area contributed by atoms with Gasteiger partial charge < -0.3 is 11.1 Å². The topological polar surface area (TPSA) is 55.1 Å². The van der Waals surface area contributed by atoms with Crippen LogP contribution in [0.25, 0.3) is 0 Å². The summed E-state index contributed by atoms with van der Waals surface area (Å²) < 4.78 is 0. The minimum atomic E-state index is -0.490. The lowest BCUT2D eigenvalue weighted by atomic mass is 10.0. The van der Waals surface area contributed by atoms with Crippen LogP contribution in [-0.4, -0.2) is 5.91 Å². The van der Waals surface area contributed by atoms with E-state index in [1.54, 1.807) is 0 Å². The number of nitrogens with two attached hydrogens (primary N) is 1. The number of amides is 1. The number of benzene rings is 2. The molecule has 1 aliphatic rings. The van der Waals surface area contributed by atoms with Gasteiger partial charge in [0.05, 0.1) is 0 Å². The Morgan fingerprint density at radius 1 is 1.05 bits per heavy atom. The van der Waals surface area contributed by atoms with Gasteiger partial charge in [0.2, 0.25) is 5.91 Å². The summed E-state index contributed by atoms with van der Waals surface area (Å²) in [6.45, 7) is 0. The van der Waals surface area contributed by atoms with Crippen molar-refractivity contribution in [3.8, 4) is 0 Å². The highest BCUT2D eigenvalue weighted by Crippen LogP contribution is 2.27. The van der Waals surface area contributed by atoms with Crippen LogP contribution in [0, 0.1) is 0 Å². The van der Waals surface area contributed by atoms with Crippen LogP contribution in [-0.2, 0) is 17.6 Å². The molecule has 3 nitrogen and oxygen atoms in total. The predicted octanol–water partition coefficient (Wildman–Crippen LogP) is 2.81. The molecule has 2 aromatic carbocycles. The third-order valence-corrected chi connectivity index (χ3v) is 3.83. The van der Waals surface area contributed by atoms with Crippen molar-refractivity contribution >= 4 is 11.6 Å². The zero-order valence-corrected chi connectivity index (χ0v) is 11.3. The Labute approximate surface area is 118 Å². The number of aryl methyl sites for hydroxylation is 2.